The van der Waals surface area contributed by atoms with E-state index in [9.17, 15) is 4.79 Å². The molecule has 0 bridgehead atoms. The second-order valence-corrected chi connectivity index (χ2v) is 5.25. The van der Waals surface area contributed by atoms with E-state index in [-0.39, 0.29) is 18.9 Å². The monoisotopic (exact) mass is 295 g/mol. The highest BCUT2D eigenvalue weighted by Gasteiger charge is 2.21. The molecule has 0 fully saturated rings. The first-order chi connectivity index (χ1) is 9.38. The molecular weight excluding hydrogens is 278 g/mol. The van der Waals surface area contributed by atoms with Crippen LogP contribution < -0.4 is 5.32 Å². The Kier molecular flexibility index (Phi) is 6.03. The summed E-state index contributed by atoms with van der Waals surface area (Å²) in [4.78, 5) is 11.9. The van der Waals surface area contributed by atoms with Crippen LogP contribution in [-0.2, 0) is 9.53 Å². The minimum absolute atomic E-state index is 0.189. The maximum absolute atomic E-state index is 11.9. The van der Waals surface area contributed by atoms with E-state index in [0.717, 1.165) is 0 Å². The second kappa shape index (κ2) is 7.30. The molecule has 4 nitrogen and oxygen atoms in total. The van der Waals surface area contributed by atoms with Crippen LogP contribution in [0.2, 0.25) is 5.02 Å². The van der Waals surface area contributed by atoms with Gasteiger partial charge in [-0.25, -0.2) is 0 Å². The SMILES string of the molecule is COC(C)(C)CC(=O)Nc1cc(C#CCO)ccc1Cl. The van der Waals surface area contributed by atoms with Crippen molar-refractivity contribution in [3.8, 4) is 11.8 Å². The Morgan fingerprint density at radius 2 is 2.20 bits per heavy atom. The Hall–Kier alpha value is -1.54. The summed E-state index contributed by atoms with van der Waals surface area (Å²) in [5.41, 5.74) is 0.628. The number of halogens is 1. The van der Waals surface area contributed by atoms with E-state index >= 15 is 0 Å². The third-order valence-electron chi connectivity index (χ3n) is 2.69. The average molecular weight is 296 g/mol. The van der Waals surface area contributed by atoms with Gasteiger partial charge in [-0.05, 0) is 32.0 Å². The van der Waals surface area contributed by atoms with Crippen molar-refractivity contribution < 1.29 is 14.6 Å². The fourth-order valence-corrected chi connectivity index (χ4v) is 1.66. The van der Waals surface area contributed by atoms with E-state index in [4.69, 9.17) is 21.4 Å². The number of aliphatic hydroxyl groups is 1. The highest BCUT2D eigenvalue weighted by atomic mass is 35.5. The molecule has 0 saturated carbocycles. The molecule has 20 heavy (non-hydrogen) atoms. The summed E-state index contributed by atoms with van der Waals surface area (Å²) < 4.78 is 5.21. The molecule has 0 heterocycles. The molecule has 0 aromatic heterocycles. The molecule has 0 spiro atoms. The minimum atomic E-state index is -0.537. The van der Waals surface area contributed by atoms with Crippen LogP contribution in [0.5, 0.6) is 0 Å². The summed E-state index contributed by atoms with van der Waals surface area (Å²) in [6.07, 6.45) is 0.215. The lowest BCUT2D eigenvalue weighted by atomic mass is 10.0. The first kappa shape index (κ1) is 16.5. The van der Waals surface area contributed by atoms with E-state index < -0.39 is 5.60 Å². The van der Waals surface area contributed by atoms with Crippen LogP contribution in [-0.4, -0.2) is 30.3 Å². The van der Waals surface area contributed by atoms with E-state index in [2.05, 4.69) is 17.2 Å². The van der Waals surface area contributed by atoms with E-state index in [1.807, 2.05) is 13.8 Å². The van der Waals surface area contributed by atoms with Crippen LogP contribution in [0, 0.1) is 11.8 Å². The van der Waals surface area contributed by atoms with Crippen LogP contribution in [0.15, 0.2) is 18.2 Å². The van der Waals surface area contributed by atoms with Crippen LogP contribution in [0.25, 0.3) is 0 Å². The Bertz CT molecular complexity index is 544. The summed E-state index contributed by atoms with van der Waals surface area (Å²) in [6, 6.07) is 5.04. The van der Waals surface area contributed by atoms with Crippen molar-refractivity contribution >= 4 is 23.2 Å². The molecular formula is C15H18ClNO3. The Labute approximate surface area is 124 Å². The summed E-state index contributed by atoms with van der Waals surface area (Å²) in [7, 11) is 1.56. The van der Waals surface area contributed by atoms with E-state index in [1.165, 1.54) is 0 Å². The topological polar surface area (TPSA) is 58.6 Å². The number of ether oxygens (including phenoxy) is 1. The Morgan fingerprint density at radius 1 is 1.50 bits per heavy atom. The number of hydrogen-bond donors (Lipinski definition) is 2. The highest BCUT2D eigenvalue weighted by molar-refractivity contribution is 6.33. The van der Waals surface area contributed by atoms with Gasteiger partial charge in [0.2, 0.25) is 5.91 Å². The lowest BCUT2D eigenvalue weighted by Gasteiger charge is -2.22. The zero-order valence-electron chi connectivity index (χ0n) is 11.8. The summed E-state index contributed by atoms with van der Waals surface area (Å²) in [6.45, 7) is 3.45. The van der Waals surface area contributed by atoms with Crippen molar-refractivity contribution in [3.05, 3.63) is 28.8 Å². The third-order valence-corrected chi connectivity index (χ3v) is 3.02. The molecule has 0 atom stereocenters. The Morgan fingerprint density at radius 3 is 2.80 bits per heavy atom. The van der Waals surface area contributed by atoms with Crippen LogP contribution >= 0.6 is 11.6 Å². The number of hydrogen-bond acceptors (Lipinski definition) is 3. The van der Waals surface area contributed by atoms with Gasteiger partial charge in [0, 0.05) is 12.7 Å². The van der Waals surface area contributed by atoms with Gasteiger partial charge in [-0.1, -0.05) is 23.4 Å². The normalized spacial score (nSPS) is 10.7. The predicted octanol–water partition coefficient (Wildman–Crippen LogP) is 2.44. The van der Waals surface area contributed by atoms with Crippen LogP contribution in [0.4, 0.5) is 5.69 Å². The number of rotatable bonds is 4. The number of carbonyl (C=O) groups excluding carboxylic acids is 1. The van der Waals surface area contributed by atoms with Crippen LogP contribution in [0.1, 0.15) is 25.8 Å². The van der Waals surface area contributed by atoms with Crippen molar-refractivity contribution in [2.24, 2.45) is 0 Å². The number of nitrogens with one attached hydrogen (secondary N) is 1. The fourth-order valence-electron chi connectivity index (χ4n) is 1.49. The zero-order chi connectivity index (χ0) is 15.2. The number of amides is 1. The predicted molar refractivity (Wildman–Crippen MR) is 79.8 cm³/mol. The number of carbonyl (C=O) groups is 1. The maximum Gasteiger partial charge on any atom is 0.227 e. The smallest absolute Gasteiger partial charge is 0.227 e. The fraction of sp³-hybridized carbons (Fsp3) is 0.400. The van der Waals surface area contributed by atoms with Gasteiger partial charge in [0.1, 0.15) is 6.61 Å². The molecule has 0 aliphatic rings. The quantitative estimate of drug-likeness (QED) is 0.839. The van der Waals surface area contributed by atoms with Gasteiger partial charge in [-0.3, -0.25) is 4.79 Å². The first-order valence-corrected chi connectivity index (χ1v) is 6.50. The standard InChI is InChI=1S/C15H18ClNO3/c1-15(2,20-3)10-14(19)17-13-9-11(5-4-8-18)6-7-12(13)16/h6-7,9,18H,8,10H2,1-3H3,(H,17,19). The molecule has 0 unspecified atom stereocenters. The molecule has 1 aromatic carbocycles. The molecule has 1 aromatic rings. The van der Waals surface area contributed by atoms with Gasteiger partial charge < -0.3 is 15.2 Å². The first-order valence-electron chi connectivity index (χ1n) is 6.12. The molecule has 2 N–H and O–H groups in total. The highest BCUT2D eigenvalue weighted by Crippen LogP contribution is 2.24. The van der Waals surface area contributed by atoms with Gasteiger partial charge in [0.15, 0.2) is 0 Å². The summed E-state index contributed by atoms with van der Waals surface area (Å²) in [5.74, 6) is 5.11. The maximum atomic E-state index is 11.9. The molecule has 1 amide bonds. The molecule has 108 valence electrons. The van der Waals surface area contributed by atoms with Crippen molar-refractivity contribution in [1.82, 2.24) is 0 Å². The molecule has 1 rings (SSSR count). The van der Waals surface area contributed by atoms with Crippen molar-refractivity contribution in [1.29, 1.82) is 0 Å². The van der Waals surface area contributed by atoms with Crippen molar-refractivity contribution in [2.75, 3.05) is 19.0 Å². The van der Waals surface area contributed by atoms with E-state index in [1.54, 1.807) is 25.3 Å². The van der Waals surface area contributed by atoms with E-state index in [0.29, 0.717) is 16.3 Å². The van der Waals surface area contributed by atoms with Crippen LogP contribution in [0.3, 0.4) is 0 Å². The summed E-state index contributed by atoms with van der Waals surface area (Å²) >= 11 is 6.04. The second-order valence-electron chi connectivity index (χ2n) is 4.84. The average Bonchev–Trinajstić information content (AvgIpc) is 2.39. The van der Waals surface area contributed by atoms with Gasteiger partial charge in [0.05, 0.1) is 22.7 Å². The third kappa shape index (κ3) is 5.22. The lowest BCUT2D eigenvalue weighted by Crippen LogP contribution is -2.29. The minimum Gasteiger partial charge on any atom is -0.384 e. The number of benzene rings is 1. The number of aliphatic hydroxyl groups excluding tert-OH is 1. The largest absolute Gasteiger partial charge is 0.384 e. The van der Waals surface area contributed by atoms with Gasteiger partial charge in [0.25, 0.3) is 0 Å². The lowest BCUT2D eigenvalue weighted by molar-refractivity contribution is -0.121. The van der Waals surface area contributed by atoms with Gasteiger partial charge >= 0.3 is 0 Å². The molecule has 0 aliphatic heterocycles. The molecule has 0 radical (unpaired) electrons. The number of methoxy groups -OCH3 is 1. The zero-order valence-corrected chi connectivity index (χ0v) is 12.5. The van der Waals surface area contributed by atoms with Crippen molar-refractivity contribution in [2.45, 2.75) is 25.9 Å². The van der Waals surface area contributed by atoms with Gasteiger partial charge in [-0.15, -0.1) is 0 Å². The molecule has 0 saturated heterocycles. The van der Waals surface area contributed by atoms with Gasteiger partial charge in [-0.2, -0.15) is 0 Å². The molecule has 0 aliphatic carbocycles. The number of anilines is 1. The van der Waals surface area contributed by atoms with Crippen molar-refractivity contribution in [3.63, 3.8) is 0 Å². The summed E-state index contributed by atoms with van der Waals surface area (Å²) in [5, 5.41) is 11.8. The molecule has 5 heteroatoms. The Balaban J connectivity index is 2.83.